The van der Waals surface area contributed by atoms with E-state index in [0.29, 0.717) is 0 Å². The van der Waals surface area contributed by atoms with Crippen molar-refractivity contribution < 1.29 is 30.0 Å². The van der Waals surface area contributed by atoms with Crippen molar-refractivity contribution in [2.45, 2.75) is 33.8 Å². The molecule has 1 unspecified atom stereocenters. The number of aliphatic hydroxyl groups excluding tert-OH is 2. The quantitative estimate of drug-likeness (QED) is 0.662. The molecule has 0 spiro atoms. The highest BCUT2D eigenvalue weighted by molar-refractivity contribution is 6.01. The lowest BCUT2D eigenvalue weighted by Gasteiger charge is -2.30. The number of hydrogen-bond donors (Lipinski definition) is 4. The zero-order valence-corrected chi connectivity index (χ0v) is 13.3. The van der Waals surface area contributed by atoms with Gasteiger partial charge in [-0.3, -0.25) is 0 Å². The zero-order chi connectivity index (χ0) is 17.5. The summed E-state index contributed by atoms with van der Waals surface area (Å²) >= 11 is 0. The van der Waals surface area contributed by atoms with Gasteiger partial charge in [0.15, 0.2) is 0 Å². The second kappa shape index (κ2) is 8.51. The molecule has 0 fully saturated rings. The van der Waals surface area contributed by atoms with E-state index in [1.54, 1.807) is 0 Å². The van der Waals surface area contributed by atoms with Crippen LogP contribution >= 0.6 is 0 Å². The minimum Gasteiger partial charge on any atom is -0.478 e. The Labute approximate surface area is 130 Å². The third kappa shape index (κ3) is 5.83. The summed E-state index contributed by atoms with van der Waals surface area (Å²) in [7, 11) is 0. The van der Waals surface area contributed by atoms with Crippen molar-refractivity contribution in [2.24, 2.45) is 11.3 Å². The van der Waals surface area contributed by atoms with Crippen molar-refractivity contribution >= 4 is 11.9 Å². The number of benzene rings is 1. The van der Waals surface area contributed by atoms with Crippen molar-refractivity contribution in [2.75, 3.05) is 6.61 Å². The lowest BCUT2D eigenvalue weighted by atomic mass is 9.82. The molecule has 124 valence electrons. The third-order valence-electron chi connectivity index (χ3n) is 3.23. The third-order valence-corrected chi connectivity index (χ3v) is 3.23. The first-order valence-corrected chi connectivity index (χ1v) is 6.89. The number of carboxylic acid groups (broad SMARTS) is 2. The van der Waals surface area contributed by atoms with Gasteiger partial charge in [-0.2, -0.15) is 0 Å². The highest BCUT2D eigenvalue weighted by atomic mass is 16.4. The maximum atomic E-state index is 10.5. The van der Waals surface area contributed by atoms with Gasteiger partial charge in [0.25, 0.3) is 0 Å². The molecule has 0 heterocycles. The van der Waals surface area contributed by atoms with Crippen LogP contribution in [0.15, 0.2) is 24.3 Å². The van der Waals surface area contributed by atoms with Gasteiger partial charge >= 0.3 is 11.9 Å². The molecule has 22 heavy (non-hydrogen) atoms. The average molecular weight is 312 g/mol. The van der Waals surface area contributed by atoms with Gasteiger partial charge in [-0.15, -0.1) is 0 Å². The van der Waals surface area contributed by atoms with Gasteiger partial charge in [0.1, 0.15) is 0 Å². The van der Waals surface area contributed by atoms with Crippen LogP contribution < -0.4 is 0 Å². The Balaban J connectivity index is 0.000000409. The van der Waals surface area contributed by atoms with Crippen LogP contribution in [0.4, 0.5) is 0 Å². The molecule has 1 atom stereocenters. The fourth-order valence-electron chi connectivity index (χ4n) is 1.85. The molecule has 1 aromatic rings. The number of carbonyl (C=O) groups is 2. The maximum Gasteiger partial charge on any atom is 0.336 e. The van der Waals surface area contributed by atoms with Gasteiger partial charge in [-0.1, -0.05) is 39.8 Å². The van der Waals surface area contributed by atoms with Crippen LogP contribution in [0.3, 0.4) is 0 Å². The molecular weight excluding hydrogens is 288 g/mol. The lowest BCUT2D eigenvalue weighted by molar-refractivity contribution is -0.0204. The molecule has 0 aliphatic rings. The molecule has 0 saturated carbocycles. The molecule has 6 heteroatoms. The number of carboxylic acids is 2. The Hall–Kier alpha value is -1.92. The molecule has 0 aromatic heterocycles. The second-order valence-electron chi connectivity index (χ2n) is 5.99. The Bertz CT molecular complexity index is 474. The van der Waals surface area contributed by atoms with Gasteiger partial charge in [0.05, 0.1) is 23.8 Å². The summed E-state index contributed by atoms with van der Waals surface area (Å²) in [6.07, 6.45) is -0.419. The van der Waals surface area contributed by atoms with Crippen LogP contribution in [-0.2, 0) is 0 Å². The smallest absolute Gasteiger partial charge is 0.336 e. The van der Waals surface area contributed by atoms with Gasteiger partial charge in [-0.25, -0.2) is 9.59 Å². The summed E-state index contributed by atoms with van der Waals surface area (Å²) in [5.74, 6) is -2.25. The van der Waals surface area contributed by atoms with E-state index in [2.05, 4.69) is 0 Å². The van der Waals surface area contributed by atoms with Crippen molar-refractivity contribution in [3.63, 3.8) is 0 Å². The van der Waals surface area contributed by atoms with E-state index >= 15 is 0 Å². The Kier molecular flexibility index (Phi) is 7.76. The summed E-state index contributed by atoms with van der Waals surface area (Å²) < 4.78 is 0. The topological polar surface area (TPSA) is 115 Å². The summed E-state index contributed by atoms with van der Waals surface area (Å²) in [6, 6.07) is 5.48. The molecule has 6 nitrogen and oxygen atoms in total. The second-order valence-corrected chi connectivity index (χ2v) is 5.99. The molecule has 1 aromatic carbocycles. The average Bonchev–Trinajstić information content (AvgIpc) is 2.46. The van der Waals surface area contributed by atoms with Crippen LogP contribution in [0.2, 0.25) is 0 Å². The van der Waals surface area contributed by atoms with E-state index in [-0.39, 0.29) is 29.1 Å². The van der Waals surface area contributed by atoms with Crippen LogP contribution in [0.25, 0.3) is 0 Å². The van der Waals surface area contributed by atoms with E-state index < -0.39 is 18.0 Å². The molecule has 0 bridgehead atoms. The van der Waals surface area contributed by atoms with Gasteiger partial charge < -0.3 is 20.4 Å². The molecular formula is C16H24O6. The van der Waals surface area contributed by atoms with E-state index in [1.165, 1.54) is 24.3 Å². The van der Waals surface area contributed by atoms with Gasteiger partial charge in [-0.05, 0) is 18.1 Å². The fraction of sp³-hybridized carbons (Fsp3) is 0.500. The predicted molar refractivity (Wildman–Crippen MR) is 82.1 cm³/mol. The first-order chi connectivity index (χ1) is 10.0. The number of aliphatic hydroxyl groups is 2. The Morgan fingerprint density at radius 1 is 1.05 bits per heavy atom. The van der Waals surface area contributed by atoms with Gasteiger partial charge in [0.2, 0.25) is 0 Å². The van der Waals surface area contributed by atoms with E-state index in [9.17, 15) is 14.7 Å². The minimum atomic E-state index is -1.23. The largest absolute Gasteiger partial charge is 0.478 e. The SMILES string of the molecule is CC(C)C(O)C(C)(C)CO.O=C(O)c1ccccc1C(=O)O. The Morgan fingerprint density at radius 2 is 1.41 bits per heavy atom. The van der Waals surface area contributed by atoms with Crippen LogP contribution in [0.5, 0.6) is 0 Å². The van der Waals surface area contributed by atoms with Crippen molar-refractivity contribution in [3.8, 4) is 0 Å². The molecule has 1 rings (SSSR count). The summed E-state index contributed by atoms with van der Waals surface area (Å²) in [5.41, 5.74) is -0.747. The minimum absolute atomic E-state index is 0.0341. The standard InChI is InChI=1S/C8H6O4.C8H18O2/c9-7(10)5-3-1-2-4-6(5)8(11)12;1-6(2)7(10)8(3,4)5-9/h1-4H,(H,9,10)(H,11,12);6-7,9-10H,5H2,1-4H3. The summed E-state index contributed by atoms with van der Waals surface area (Å²) in [5, 5.41) is 35.4. The number of hydrogen-bond acceptors (Lipinski definition) is 4. The summed E-state index contributed by atoms with van der Waals surface area (Å²) in [6.45, 7) is 7.64. The highest BCUT2D eigenvalue weighted by Gasteiger charge is 2.28. The lowest BCUT2D eigenvalue weighted by Crippen LogP contribution is -2.36. The summed E-state index contributed by atoms with van der Waals surface area (Å²) in [4.78, 5) is 20.9. The molecule has 4 N–H and O–H groups in total. The molecule has 0 aliphatic carbocycles. The van der Waals surface area contributed by atoms with E-state index in [0.717, 1.165) is 0 Å². The number of aromatic carboxylic acids is 2. The van der Waals surface area contributed by atoms with E-state index in [4.69, 9.17) is 15.3 Å². The van der Waals surface area contributed by atoms with Gasteiger partial charge in [0, 0.05) is 5.41 Å². The predicted octanol–water partition coefficient (Wildman–Crippen LogP) is 2.10. The fourth-order valence-corrected chi connectivity index (χ4v) is 1.85. The van der Waals surface area contributed by atoms with Crippen molar-refractivity contribution in [3.05, 3.63) is 35.4 Å². The first-order valence-electron chi connectivity index (χ1n) is 6.89. The zero-order valence-electron chi connectivity index (χ0n) is 13.3. The van der Waals surface area contributed by atoms with E-state index in [1.807, 2.05) is 27.7 Å². The monoisotopic (exact) mass is 312 g/mol. The Morgan fingerprint density at radius 3 is 1.59 bits per heavy atom. The molecule has 0 amide bonds. The number of rotatable bonds is 5. The normalized spacial score (nSPS) is 12.3. The van der Waals surface area contributed by atoms with Crippen LogP contribution in [-0.4, -0.2) is 45.1 Å². The molecule has 0 saturated heterocycles. The van der Waals surface area contributed by atoms with Crippen LogP contribution in [0.1, 0.15) is 48.4 Å². The highest BCUT2D eigenvalue weighted by Crippen LogP contribution is 2.24. The molecule has 0 radical (unpaired) electrons. The first kappa shape index (κ1) is 20.1. The molecule has 0 aliphatic heterocycles. The van der Waals surface area contributed by atoms with Crippen molar-refractivity contribution in [1.82, 2.24) is 0 Å². The van der Waals surface area contributed by atoms with Crippen LogP contribution in [0, 0.1) is 11.3 Å². The van der Waals surface area contributed by atoms with Crippen molar-refractivity contribution in [1.29, 1.82) is 0 Å². The maximum absolute atomic E-state index is 10.5.